The van der Waals surface area contributed by atoms with Crippen molar-refractivity contribution in [1.82, 2.24) is 10.2 Å². The fourth-order valence-electron chi connectivity index (χ4n) is 1.67. The molecule has 1 N–H and O–H groups in total. The molecule has 0 saturated carbocycles. The van der Waals surface area contributed by atoms with Crippen LogP contribution >= 0.6 is 12.2 Å². The summed E-state index contributed by atoms with van der Waals surface area (Å²) in [6.07, 6.45) is 5.28. The van der Waals surface area contributed by atoms with Crippen LogP contribution in [0.15, 0.2) is 0 Å². The van der Waals surface area contributed by atoms with E-state index in [0.717, 1.165) is 18.2 Å². The Balaban J connectivity index is 2.42. The largest absolute Gasteiger partial charge is 0.358 e. The minimum Gasteiger partial charge on any atom is -0.358 e. The first-order valence-electron chi connectivity index (χ1n) is 5.56. The van der Waals surface area contributed by atoms with Crippen molar-refractivity contribution in [1.29, 1.82) is 0 Å². The van der Waals surface area contributed by atoms with Crippen molar-refractivity contribution in [3.8, 4) is 0 Å². The predicted molar refractivity (Wildman–Crippen MR) is 65.5 cm³/mol. The van der Waals surface area contributed by atoms with Crippen LogP contribution in [0.2, 0.25) is 0 Å². The normalized spacial score (nSPS) is 18.9. The smallest absolute Gasteiger partial charge is 0.169 e. The average molecular weight is 214 g/mol. The first-order chi connectivity index (χ1) is 6.49. The lowest BCUT2D eigenvalue weighted by molar-refractivity contribution is 0.399. The van der Waals surface area contributed by atoms with Crippen molar-refractivity contribution in [3.05, 3.63) is 0 Å². The van der Waals surface area contributed by atoms with Gasteiger partial charge in [-0.05, 0) is 45.8 Å². The van der Waals surface area contributed by atoms with Crippen LogP contribution in [0, 0.1) is 0 Å². The summed E-state index contributed by atoms with van der Waals surface area (Å²) in [5, 5.41) is 4.30. The van der Waals surface area contributed by atoms with Crippen molar-refractivity contribution in [2.45, 2.75) is 52.0 Å². The highest BCUT2D eigenvalue weighted by Gasteiger charge is 2.17. The second-order valence-corrected chi connectivity index (χ2v) is 5.47. The maximum Gasteiger partial charge on any atom is 0.169 e. The molecule has 1 aliphatic heterocycles. The molecule has 0 aliphatic carbocycles. The fraction of sp³-hybridized carbons (Fsp3) is 0.909. The number of hydrogen-bond donors (Lipinski definition) is 1. The van der Waals surface area contributed by atoms with E-state index >= 15 is 0 Å². The third-order valence-corrected chi connectivity index (χ3v) is 2.74. The molecule has 0 amide bonds. The first-order valence-corrected chi connectivity index (χ1v) is 5.97. The summed E-state index contributed by atoms with van der Waals surface area (Å²) in [4.78, 5) is 2.31. The molecule has 14 heavy (non-hydrogen) atoms. The van der Waals surface area contributed by atoms with Gasteiger partial charge in [0.25, 0.3) is 0 Å². The predicted octanol–water partition coefficient (Wildman–Crippen LogP) is 2.54. The second kappa shape index (κ2) is 4.96. The van der Waals surface area contributed by atoms with Gasteiger partial charge in [-0.2, -0.15) is 0 Å². The van der Waals surface area contributed by atoms with Crippen molar-refractivity contribution >= 4 is 17.3 Å². The van der Waals surface area contributed by atoms with Gasteiger partial charge in [0.2, 0.25) is 0 Å². The third-order valence-electron chi connectivity index (χ3n) is 2.38. The van der Waals surface area contributed by atoms with Crippen molar-refractivity contribution in [2.75, 3.05) is 13.1 Å². The van der Waals surface area contributed by atoms with Crippen LogP contribution in [0.3, 0.4) is 0 Å². The fourth-order valence-corrected chi connectivity index (χ4v) is 2.16. The van der Waals surface area contributed by atoms with E-state index in [0.29, 0.717) is 0 Å². The first kappa shape index (κ1) is 11.8. The van der Waals surface area contributed by atoms with Crippen LogP contribution < -0.4 is 5.32 Å². The molecular formula is C11H22N2S. The van der Waals surface area contributed by atoms with Crippen LogP contribution in [0.25, 0.3) is 0 Å². The minimum absolute atomic E-state index is 0.0867. The number of nitrogens with one attached hydrogen (secondary N) is 1. The molecule has 82 valence electrons. The van der Waals surface area contributed by atoms with E-state index in [9.17, 15) is 0 Å². The molecule has 0 radical (unpaired) electrons. The van der Waals surface area contributed by atoms with E-state index in [1.165, 1.54) is 25.7 Å². The SMILES string of the molecule is CC(C)(C)NC(=S)N1CCCCCC1. The van der Waals surface area contributed by atoms with Crippen molar-refractivity contribution in [2.24, 2.45) is 0 Å². The molecule has 1 aliphatic rings. The maximum atomic E-state index is 5.40. The van der Waals surface area contributed by atoms with E-state index < -0.39 is 0 Å². The molecule has 0 aromatic heterocycles. The lowest BCUT2D eigenvalue weighted by atomic mass is 10.1. The molecule has 1 heterocycles. The van der Waals surface area contributed by atoms with Crippen LogP contribution in [0.4, 0.5) is 0 Å². The van der Waals surface area contributed by atoms with Gasteiger partial charge in [0.05, 0.1) is 0 Å². The van der Waals surface area contributed by atoms with Gasteiger partial charge in [-0.1, -0.05) is 12.8 Å². The molecule has 0 bridgehead atoms. The standard InChI is InChI=1S/C11H22N2S/c1-11(2,3)12-10(14)13-8-6-4-5-7-9-13/h4-9H2,1-3H3,(H,12,14). The summed E-state index contributed by atoms with van der Waals surface area (Å²) in [7, 11) is 0. The molecule has 0 aromatic carbocycles. The molecular weight excluding hydrogens is 192 g/mol. The van der Waals surface area contributed by atoms with E-state index in [4.69, 9.17) is 12.2 Å². The van der Waals surface area contributed by atoms with Crippen molar-refractivity contribution < 1.29 is 0 Å². The van der Waals surface area contributed by atoms with Crippen LogP contribution in [-0.4, -0.2) is 28.6 Å². The Bertz CT molecular complexity index is 188. The molecule has 2 nitrogen and oxygen atoms in total. The Morgan fingerprint density at radius 1 is 1.07 bits per heavy atom. The summed E-state index contributed by atoms with van der Waals surface area (Å²) < 4.78 is 0. The van der Waals surface area contributed by atoms with Gasteiger partial charge < -0.3 is 10.2 Å². The van der Waals surface area contributed by atoms with Gasteiger partial charge in [0.1, 0.15) is 0 Å². The zero-order valence-electron chi connectivity index (χ0n) is 9.60. The van der Waals surface area contributed by atoms with Gasteiger partial charge >= 0.3 is 0 Å². The lowest BCUT2D eigenvalue weighted by Gasteiger charge is -2.30. The summed E-state index contributed by atoms with van der Waals surface area (Å²) in [6.45, 7) is 8.70. The molecule has 0 atom stereocenters. The third kappa shape index (κ3) is 4.27. The number of hydrogen-bond acceptors (Lipinski definition) is 1. The van der Waals surface area contributed by atoms with Crippen molar-refractivity contribution in [3.63, 3.8) is 0 Å². The van der Waals surface area contributed by atoms with E-state index in [1.54, 1.807) is 0 Å². The quantitative estimate of drug-likeness (QED) is 0.624. The van der Waals surface area contributed by atoms with E-state index in [2.05, 4.69) is 31.0 Å². The molecule has 0 unspecified atom stereocenters. The monoisotopic (exact) mass is 214 g/mol. The Kier molecular flexibility index (Phi) is 4.17. The molecule has 1 saturated heterocycles. The summed E-state index contributed by atoms with van der Waals surface area (Å²) in [5.41, 5.74) is 0.0867. The van der Waals surface area contributed by atoms with Crippen LogP contribution in [-0.2, 0) is 0 Å². The summed E-state index contributed by atoms with van der Waals surface area (Å²) in [6, 6.07) is 0. The van der Waals surface area contributed by atoms with Gasteiger partial charge in [-0.15, -0.1) is 0 Å². The van der Waals surface area contributed by atoms with Gasteiger partial charge in [-0.3, -0.25) is 0 Å². The number of rotatable bonds is 0. The molecule has 0 spiro atoms. The van der Waals surface area contributed by atoms with Gasteiger partial charge in [0, 0.05) is 18.6 Å². The number of thiocarbonyl (C=S) groups is 1. The highest BCUT2D eigenvalue weighted by atomic mass is 32.1. The molecule has 1 rings (SSSR count). The lowest BCUT2D eigenvalue weighted by Crippen LogP contribution is -2.48. The zero-order chi connectivity index (χ0) is 10.6. The zero-order valence-corrected chi connectivity index (χ0v) is 10.4. The maximum absolute atomic E-state index is 5.40. The van der Waals surface area contributed by atoms with Gasteiger partial charge in [-0.25, -0.2) is 0 Å². The molecule has 3 heteroatoms. The van der Waals surface area contributed by atoms with E-state index in [-0.39, 0.29) is 5.54 Å². The Labute approximate surface area is 93.1 Å². The Morgan fingerprint density at radius 2 is 1.57 bits per heavy atom. The average Bonchev–Trinajstić information content (AvgIpc) is 2.27. The van der Waals surface area contributed by atoms with Gasteiger partial charge in [0.15, 0.2) is 5.11 Å². The molecule has 0 aromatic rings. The van der Waals surface area contributed by atoms with Crippen LogP contribution in [0.1, 0.15) is 46.5 Å². The Morgan fingerprint density at radius 3 is 2.00 bits per heavy atom. The highest BCUT2D eigenvalue weighted by Crippen LogP contribution is 2.11. The second-order valence-electron chi connectivity index (χ2n) is 5.08. The van der Waals surface area contributed by atoms with Crippen LogP contribution in [0.5, 0.6) is 0 Å². The molecule has 1 fully saturated rings. The highest BCUT2D eigenvalue weighted by molar-refractivity contribution is 7.80. The number of likely N-dealkylation sites (tertiary alicyclic amines) is 1. The Hall–Kier alpha value is -0.310. The van der Waals surface area contributed by atoms with E-state index in [1.807, 2.05) is 0 Å². The minimum atomic E-state index is 0.0867. The topological polar surface area (TPSA) is 15.3 Å². The summed E-state index contributed by atoms with van der Waals surface area (Å²) in [5.74, 6) is 0. The number of nitrogens with zero attached hydrogens (tertiary/aromatic N) is 1. The summed E-state index contributed by atoms with van der Waals surface area (Å²) >= 11 is 5.40.